The number of hydrogen-bond acceptors (Lipinski definition) is 5. The van der Waals surface area contributed by atoms with E-state index in [9.17, 15) is 14.4 Å². The minimum atomic E-state index is -0.701. The summed E-state index contributed by atoms with van der Waals surface area (Å²) in [4.78, 5) is 46.6. The van der Waals surface area contributed by atoms with Crippen molar-refractivity contribution in [2.75, 3.05) is 39.8 Å². The molecule has 0 aromatic carbocycles. The maximum Gasteiger partial charge on any atom is 0.247 e. The molecule has 0 saturated carbocycles. The van der Waals surface area contributed by atoms with Crippen LogP contribution in [0.5, 0.6) is 0 Å². The lowest BCUT2D eigenvalue weighted by Crippen LogP contribution is -2.53. The Bertz CT molecular complexity index is 830. The van der Waals surface area contributed by atoms with Crippen LogP contribution in [0.25, 0.3) is 0 Å². The number of carbonyl (C=O) groups excluding carboxylic acids is 3. The average molecular weight is 476 g/mol. The van der Waals surface area contributed by atoms with Crippen LogP contribution in [0.15, 0.2) is 24.3 Å². The molecule has 4 aliphatic rings. The van der Waals surface area contributed by atoms with Crippen molar-refractivity contribution in [1.29, 1.82) is 0 Å². The van der Waals surface area contributed by atoms with E-state index in [0.717, 1.165) is 38.5 Å². The zero-order chi connectivity index (χ0) is 23.6. The highest BCUT2D eigenvalue weighted by atomic mass is 32.2. The molecule has 182 valence electrons. The van der Waals surface area contributed by atoms with E-state index in [1.807, 2.05) is 11.0 Å². The van der Waals surface area contributed by atoms with E-state index in [4.69, 9.17) is 5.11 Å². The Labute approximate surface area is 201 Å². The number of hydrogen-bond donors (Lipinski definition) is 1. The van der Waals surface area contributed by atoms with Crippen LogP contribution >= 0.6 is 11.8 Å². The number of rotatable bonds is 9. The lowest BCUT2D eigenvalue weighted by atomic mass is 9.78. The van der Waals surface area contributed by atoms with Gasteiger partial charge in [0.25, 0.3) is 0 Å². The number of aliphatic hydroxyl groups is 1. The molecule has 1 spiro atoms. The van der Waals surface area contributed by atoms with Crippen molar-refractivity contribution < 1.29 is 19.5 Å². The van der Waals surface area contributed by atoms with Gasteiger partial charge in [-0.3, -0.25) is 14.4 Å². The summed E-state index contributed by atoms with van der Waals surface area (Å²) in [5, 5.41) is 8.97. The average Bonchev–Trinajstić information content (AvgIpc) is 3.12. The zero-order valence-electron chi connectivity index (χ0n) is 19.8. The molecule has 0 aliphatic carbocycles. The maximum absolute atomic E-state index is 13.9. The zero-order valence-corrected chi connectivity index (χ0v) is 20.6. The minimum Gasteiger partial charge on any atom is -0.396 e. The Balaban J connectivity index is 1.68. The lowest BCUT2D eigenvalue weighted by molar-refractivity contribution is -0.144. The molecule has 4 rings (SSSR count). The Morgan fingerprint density at radius 1 is 1.00 bits per heavy atom. The fourth-order valence-corrected chi connectivity index (χ4v) is 7.85. The fourth-order valence-electron chi connectivity index (χ4n) is 5.85. The molecule has 2 saturated heterocycles. The van der Waals surface area contributed by atoms with Crippen LogP contribution in [-0.4, -0.2) is 93.4 Å². The van der Waals surface area contributed by atoms with Crippen LogP contribution in [0, 0.1) is 11.8 Å². The van der Waals surface area contributed by atoms with Gasteiger partial charge in [0.05, 0.1) is 16.6 Å². The molecular weight excluding hydrogens is 438 g/mol. The van der Waals surface area contributed by atoms with Crippen LogP contribution in [-0.2, 0) is 14.4 Å². The van der Waals surface area contributed by atoms with Crippen molar-refractivity contribution in [3.63, 3.8) is 0 Å². The molecule has 8 heteroatoms. The van der Waals surface area contributed by atoms with E-state index < -0.39 is 22.6 Å². The molecule has 4 aliphatic heterocycles. The van der Waals surface area contributed by atoms with Crippen LogP contribution in [0.3, 0.4) is 0 Å². The van der Waals surface area contributed by atoms with Crippen molar-refractivity contribution >= 4 is 29.5 Å². The summed E-state index contributed by atoms with van der Waals surface area (Å²) < 4.78 is -0.701. The Kier molecular flexibility index (Phi) is 7.53. The molecule has 1 unspecified atom stereocenters. The summed E-state index contributed by atoms with van der Waals surface area (Å²) in [7, 11) is 1.79. The standard InChI is InChI=1S/C25H37N3O4S/c1-3-4-14-27-15-10-12-25-20(19-18(33-25)11-9-13-26(2)22(19)30)23(31)28(21(25)24(27)32)16-7-5-6-8-17-29/h9-12,18-21,29H,3-8,13-17H2,1-2H3/t18-,19+,20+,21?,25+/m1/s1. The van der Waals surface area contributed by atoms with E-state index >= 15 is 0 Å². The highest BCUT2D eigenvalue weighted by Crippen LogP contribution is 2.60. The molecule has 0 bridgehead atoms. The van der Waals surface area contributed by atoms with Gasteiger partial charge in [-0.05, 0) is 19.3 Å². The number of thioether (sulfide) groups is 1. The van der Waals surface area contributed by atoms with Gasteiger partial charge in [0.2, 0.25) is 17.7 Å². The molecular formula is C25H37N3O4S. The topological polar surface area (TPSA) is 81.2 Å². The third-order valence-corrected chi connectivity index (χ3v) is 9.28. The predicted octanol–water partition coefficient (Wildman–Crippen LogP) is 2.06. The van der Waals surface area contributed by atoms with Crippen molar-refractivity contribution in [3.8, 4) is 0 Å². The first kappa shape index (κ1) is 24.3. The number of fused-ring (bicyclic) bond motifs is 2. The van der Waals surface area contributed by atoms with Gasteiger partial charge < -0.3 is 19.8 Å². The van der Waals surface area contributed by atoms with Crippen LogP contribution < -0.4 is 0 Å². The first-order chi connectivity index (χ1) is 16.0. The number of likely N-dealkylation sites (N-methyl/N-ethyl adjacent to an activating group) is 1. The summed E-state index contributed by atoms with van der Waals surface area (Å²) in [6, 6.07) is -0.563. The summed E-state index contributed by atoms with van der Waals surface area (Å²) in [6.07, 6.45) is 13.5. The number of amides is 3. The second-order valence-corrected chi connectivity index (χ2v) is 11.2. The number of unbranched alkanes of at least 4 members (excludes halogenated alkanes) is 4. The van der Waals surface area contributed by atoms with Crippen molar-refractivity contribution in [1.82, 2.24) is 14.7 Å². The van der Waals surface area contributed by atoms with E-state index in [0.29, 0.717) is 26.2 Å². The van der Waals surface area contributed by atoms with Gasteiger partial charge in [0.15, 0.2) is 0 Å². The van der Waals surface area contributed by atoms with E-state index in [2.05, 4.69) is 25.2 Å². The first-order valence-electron chi connectivity index (χ1n) is 12.4. The van der Waals surface area contributed by atoms with E-state index in [-0.39, 0.29) is 29.6 Å². The maximum atomic E-state index is 13.9. The molecule has 0 radical (unpaired) electrons. The van der Waals surface area contributed by atoms with Crippen LogP contribution in [0.2, 0.25) is 0 Å². The highest BCUT2D eigenvalue weighted by Gasteiger charge is 2.70. The van der Waals surface area contributed by atoms with Crippen molar-refractivity contribution in [2.24, 2.45) is 11.8 Å². The monoisotopic (exact) mass is 475 g/mol. The molecule has 2 fully saturated rings. The fraction of sp³-hybridized carbons (Fsp3) is 0.720. The van der Waals surface area contributed by atoms with Gasteiger partial charge in [0.1, 0.15) is 6.04 Å². The molecule has 7 nitrogen and oxygen atoms in total. The third-order valence-electron chi connectivity index (χ3n) is 7.53. The molecule has 0 aromatic heterocycles. The Morgan fingerprint density at radius 3 is 2.55 bits per heavy atom. The molecule has 1 N–H and O–H groups in total. The van der Waals surface area contributed by atoms with Gasteiger partial charge >= 0.3 is 0 Å². The van der Waals surface area contributed by atoms with Gasteiger partial charge in [-0.1, -0.05) is 50.5 Å². The van der Waals surface area contributed by atoms with Crippen molar-refractivity contribution in [3.05, 3.63) is 24.3 Å². The quantitative estimate of drug-likeness (QED) is 0.408. The lowest BCUT2D eigenvalue weighted by Gasteiger charge is -2.35. The molecule has 33 heavy (non-hydrogen) atoms. The second kappa shape index (κ2) is 10.2. The predicted molar refractivity (Wildman–Crippen MR) is 130 cm³/mol. The van der Waals surface area contributed by atoms with Crippen molar-refractivity contribution in [2.45, 2.75) is 61.5 Å². The third kappa shape index (κ3) is 4.25. The van der Waals surface area contributed by atoms with Gasteiger partial charge in [-0.2, -0.15) is 0 Å². The van der Waals surface area contributed by atoms with Crippen LogP contribution in [0.4, 0.5) is 0 Å². The van der Waals surface area contributed by atoms with Gasteiger partial charge in [0, 0.05) is 45.1 Å². The minimum absolute atomic E-state index is 0.00389. The summed E-state index contributed by atoms with van der Waals surface area (Å²) in [5.41, 5.74) is 0. The summed E-state index contributed by atoms with van der Waals surface area (Å²) in [5.74, 6) is -0.973. The highest BCUT2D eigenvalue weighted by molar-refractivity contribution is 8.02. The van der Waals surface area contributed by atoms with Gasteiger partial charge in [-0.15, -0.1) is 11.8 Å². The number of likely N-dealkylation sites (tertiary alicyclic amines) is 1. The molecule has 0 aromatic rings. The largest absolute Gasteiger partial charge is 0.396 e. The van der Waals surface area contributed by atoms with E-state index in [1.165, 1.54) is 0 Å². The Hall–Kier alpha value is -1.80. The second-order valence-electron chi connectivity index (χ2n) is 9.70. The molecule has 5 atom stereocenters. The van der Waals surface area contributed by atoms with Gasteiger partial charge in [-0.25, -0.2) is 0 Å². The van der Waals surface area contributed by atoms with Crippen LogP contribution in [0.1, 0.15) is 45.4 Å². The van der Waals surface area contributed by atoms with E-state index in [1.54, 1.807) is 28.6 Å². The normalized spacial score (nSPS) is 33.3. The SMILES string of the molecule is CCCCN1CC=C[C@]23S[C@@H]4C=CCN(C)C(=O)[C@@H]4[C@H]2C(=O)N(CCCCCCO)C3C1=O. The molecule has 3 amide bonds. The summed E-state index contributed by atoms with van der Waals surface area (Å²) >= 11 is 1.65. The number of carbonyl (C=O) groups is 3. The number of nitrogens with zero attached hydrogens (tertiary/aromatic N) is 3. The number of aliphatic hydroxyl groups excluding tert-OH is 1. The molecule has 4 heterocycles. The first-order valence-corrected chi connectivity index (χ1v) is 13.3. The summed E-state index contributed by atoms with van der Waals surface area (Å²) in [6.45, 7) is 4.61. The Morgan fingerprint density at radius 2 is 1.79 bits per heavy atom. The smallest absolute Gasteiger partial charge is 0.247 e.